The van der Waals surface area contributed by atoms with Crippen LogP contribution in [0.2, 0.25) is 0 Å². The molecule has 0 aliphatic carbocycles. The molecular weight excluding hydrogens is 1140 g/mol. The zero-order valence-corrected chi connectivity index (χ0v) is 52.1. The number of aliphatic hydroxyl groups excluding tert-OH is 13. The Labute approximate surface area is 515 Å². The maximum atomic E-state index is 13.4. The molecule has 0 spiro atoms. The van der Waals surface area contributed by atoms with Crippen LogP contribution in [-0.4, -0.2) is 246 Å². The van der Waals surface area contributed by atoms with Crippen LogP contribution in [0.3, 0.4) is 0 Å². The third-order valence-electron chi connectivity index (χ3n) is 17.1. The summed E-state index contributed by atoms with van der Waals surface area (Å²) in [5.74, 6) is -1.00. The minimum absolute atomic E-state index is 0.218. The van der Waals surface area contributed by atoms with E-state index >= 15 is 0 Å². The Morgan fingerprint density at radius 2 is 0.839 bits per heavy atom. The number of ether oxygens (including phenoxy) is 8. The molecule has 4 aliphatic heterocycles. The van der Waals surface area contributed by atoms with Crippen molar-refractivity contribution in [1.82, 2.24) is 10.6 Å². The molecule has 4 aliphatic rings. The minimum atomic E-state index is -2.09. The largest absolute Gasteiger partial charge is 0.394 e. The van der Waals surface area contributed by atoms with Crippen LogP contribution in [0.1, 0.15) is 201 Å². The summed E-state index contributed by atoms with van der Waals surface area (Å²) in [6.07, 6.45) is -0.0122. The van der Waals surface area contributed by atoms with Gasteiger partial charge >= 0.3 is 0 Å². The SMILES string of the molecule is CCCCCCCCCCCCC/C=C/[C@@H](O)[C@H](CO[C@@H]1OC(CO)[C@@H](O[C@@H]2OC(CO)[C@H](O[C@@H]3OC(CO)[C@H](O)[C@H](O[C@@H]4OC(CO)[C@@H](O)[C@H](O)C4NC(C)=O)C3O)[C@H](O)C2O)[C@H](O)C1O)NC(=O)CCCCCCCCCCCCCCCCC. The Morgan fingerprint density at radius 3 is 1.31 bits per heavy atom. The second-order valence-electron chi connectivity index (χ2n) is 24.3. The summed E-state index contributed by atoms with van der Waals surface area (Å²) in [7, 11) is 0. The Balaban J connectivity index is 1.34. The van der Waals surface area contributed by atoms with Gasteiger partial charge in [0.25, 0.3) is 0 Å². The number of carbonyl (C=O) groups is 2. The van der Waals surface area contributed by atoms with E-state index in [1.165, 1.54) is 116 Å². The van der Waals surface area contributed by atoms with Gasteiger partial charge in [0.05, 0.1) is 45.2 Å². The van der Waals surface area contributed by atoms with E-state index in [4.69, 9.17) is 37.9 Å². The van der Waals surface area contributed by atoms with Crippen LogP contribution >= 0.6 is 0 Å². The van der Waals surface area contributed by atoms with Crippen LogP contribution in [0.15, 0.2) is 12.2 Å². The monoisotopic (exact) mass is 1250 g/mol. The van der Waals surface area contributed by atoms with Gasteiger partial charge in [0, 0.05) is 13.3 Å². The molecule has 4 heterocycles. The van der Waals surface area contributed by atoms with Gasteiger partial charge in [-0.2, -0.15) is 0 Å². The molecule has 4 rings (SSSR count). The van der Waals surface area contributed by atoms with Gasteiger partial charge in [-0.05, 0) is 19.3 Å². The van der Waals surface area contributed by atoms with Gasteiger partial charge in [-0.15, -0.1) is 0 Å². The number of hydrogen-bond acceptors (Lipinski definition) is 23. The van der Waals surface area contributed by atoms with Gasteiger partial charge in [0.2, 0.25) is 11.8 Å². The molecule has 22 atom stereocenters. The van der Waals surface area contributed by atoms with Gasteiger partial charge in [-0.1, -0.05) is 180 Å². The van der Waals surface area contributed by atoms with Crippen molar-refractivity contribution < 1.29 is 114 Å². The van der Waals surface area contributed by atoms with Crippen LogP contribution in [0.25, 0.3) is 0 Å². The van der Waals surface area contributed by atoms with Gasteiger partial charge in [-0.3, -0.25) is 9.59 Å². The fourth-order valence-electron chi connectivity index (χ4n) is 11.7. The first-order chi connectivity index (χ1) is 42.0. The van der Waals surface area contributed by atoms with E-state index in [1.807, 2.05) is 6.08 Å². The van der Waals surface area contributed by atoms with E-state index in [2.05, 4.69) is 24.5 Å². The van der Waals surface area contributed by atoms with Crippen molar-refractivity contribution in [3.63, 3.8) is 0 Å². The summed E-state index contributed by atoms with van der Waals surface area (Å²) in [4.78, 5) is 25.4. The van der Waals surface area contributed by atoms with Crippen molar-refractivity contribution in [2.75, 3.05) is 33.0 Å². The van der Waals surface area contributed by atoms with Crippen molar-refractivity contribution in [2.45, 2.75) is 335 Å². The fourth-order valence-corrected chi connectivity index (χ4v) is 11.7. The standard InChI is InChI=1S/C62H114N2O23/c1-4-6-8-10-12-14-16-18-19-21-23-25-27-29-31-33-46(71)64-40(41(70)32-30-28-26-24-22-20-17-15-13-11-9-7-5-2)38-80-60-53(77)51(75)56(44(36-67)83-60)85-61-54(78)52(76)57(45(37-68)84-61)86-62-55(79)58(49(73)43(35-66)82-62)87-59-47(63-39(3)69)50(74)48(72)42(34-65)81-59/h30,32,40-45,47-62,65-68,70,72-79H,4-29,31,33-38H2,1-3H3,(H,63,69)(H,64,71)/b32-30+/t40-,41+,42?,43?,44?,45?,47?,48+,49-,50+,51+,52+,53?,54?,55?,56+,57-,58-,59-,60+,61-,62-/m0/s1. The Bertz CT molecular complexity index is 1830. The molecule has 0 saturated carbocycles. The molecule has 0 radical (unpaired) electrons. The number of nitrogens with one attached hydrogen (secondary N) is 2. The van der Waals surface area contributed by atoms with Crippen LogP contribution in [0, 0.1) is 0 Å². The topological polar surface area (TPSA) is 395 Å². The average molecular weight is 1260 g/mol. The zero-order valence-electron chi connectivity index (χ0n) is 52.1. The van der Waals surface area contributed by atoms with Crippen LogP contribution in [0.4, 0.5) is 0 Å². The second kappa shape index (κ2) is 43.6. The summed E-state index contributed by atoms with van der Waals surface area (Å²) in [6.45, 7) is 1.61. The molecular formula is C62H114N2O23. The quantitative estimate of drug-likeness (QED) is 0.0305. The molecule has 4 saturated heterocycles. The minimum Gasteiger partial charge on any atom is -0.394 e. The second-order valence-corrected chi connectivity index (χ2v) is 24.3. The van der Waals surface area contributed by atoms with E-state index in [1.54, 1.807) is 6.08 Å². The predicted molar refractivity (Wildman–Crippen MR) is 317 cm³/mol. The molecule has 0 bridgehead atoms. The summed E-state index contributed by atoms with van der Waals surface area (Å²) < 4.78 is 46.4. The van der Waals surface area contributed by atoms with Crippen molar-refractivity contribution in [2.24, 2.45) is 0 Å². The highest BCUT2D eigenvalue weighted by molar-refractivity contribution is 5.76. The van der Waals surface area contributed by atoms with E-state index in [0.717, 1.165) is 51.9 Å². The summed E-state index contributed by atoms with van der Waals surface area (Å²) in [5, 5.41) is 147. The fraction of sp³-hybridized carbons (Fsp3) is 0.935. The van der Waals surface area contributed by atoms with Crippen molar-refractivity contribution in [3.05, 3.63) is 12.2 Å². The number of amides is 2. The van der Waals surface area contributed by atoms with Gasteiger partial charge in [-0.25, -0.2) is 0 Å². The molecule has 4 fully saturated rings. The van der Waals surface area contributed by atoms with Crippen molar-refractivity contribution >= 4 is 11.8 Å². The lowest BCUT2D eigenvalue weighted by molar-refractivity contribution is -0.386. The number of rotatable bonds is 45. The molecule has 510 valence electrons. The van der Waals surface area contributed by atoms with Gasteiger partial charge in [0.15, 0.2) is 25.2 Å². The highest BCUT2D eigenvalue weighted by Gasteiger charge is 2.56. The van der Waals surface area contributed by atoms with Crippen molar-refractivity contribution in [3.8, 4) is 0 Å². The Kier molecular flexibility index (Phi) is 38.8. The van der Waals surface area contributed by atoms with Crippen LogP contribution in [-0.2, 0) is 47.5 Å². The third-order valence-corrected chi connectivity index (χ3v) is 17.1. The lowest BCUT2D eigenvalue weighted by atomic mass is 9.95. The molecule has 0 aromatic carbocycles. The summed E-state index contributed by atoms with van der Waals surface area (Å²) in [5.41, 5.74) is 0. The predicted octanol–water partition coefficient (Wildman–Crippen LogP) is 1.78. The molecule has 2 amide bonds. The summed E-state index contributed by atoms with van der Waals surface area (Å²) >= 11 is 0. The Hall–Kier alpha value is -2.16. The first-order valence-electron chi connectivity index (χ1n) is 32.9. The summed E-state index contributed by atoms with van der Waals surface area (Å²) in [6, 6.07) is -2.53. The smallest absolute Gasteiger partial charge is 0.220 e. The number of aliphatic hydroxyl groups is 13. The molecule has 87 heavy (non-hydrogen) atoms. The highest BCUT2D eigenvalue weighted by atomic mass is 16.8. The molecule has 8 unspecified atom stereocenters. The average Bonchev–Trinajstić information content (AvgIpc) is 2.49. The number of allylic oxidation sites excluding steroid dienone is 1. The van der Waals surface area contributed by atoms with Gasteiger partial charge in [0.1, 0.15) is 97.6 Å². The van der Waals surface area contributed by atoms with Gasteiger partial charge < -0.3 is 115 Å². The number of unbranched alkanes of at least 4 members (excludes halogenated alkanes) is 25. The maximum absolute atomic E-state index is 13.4. The van der Waals surface area contributed by atoms with Crippen molar-refractivity contribution in [1.29, 1.82) is 0 Å². The van der Waals surface area contributed by atoms with Crippen LogP contribution in [0.5, 0.6) is 0 Å². The lowest BCUT2D eigenvalue weighted by Gasteiger charge is -2.49. The number of carbonyl (C=O) groups excluding carboxylic acids is 2. The van der Waals surface area contributed by atoms with E-state index < -0.39 is 174 Å². The zero-order chi connectivity index (χ0) is 63.7. The Morgan fingerprint density at radius 1 is 0.448 bits per heavy atom. The third kappa shape index (κ3) is 26.0. The van der Waals surface area contributed by atoms with E-state index in [0.29, 0.717) is 12.8 Å². The normalized spacial score (nSPS) is 33.8. The highest BCUT2D eigenvalue weighted by Crippen LogP contribution is 2.35. The first-order valence-corrected chi connectivity index (χ1v) is 32.9. The molecule has 15 N–H and O–H groups in total. The molecule has 0 aromatic rings. The van der Waals surface area contributed by atoms with Crippen LogP contribution < -0.4 is 10.6 Å². The van der Waals surface area contributed by atoms with E-state index in [9.17, 15) is 76.0 Å². The first kappa shape index (κ1) is 77.3. The maximum Gasteiger partial charge on any atom is 0.220 e. The van der Waals surface area contributed by atoms with E-state index in [-0.39, 0.29) is 12.3 Å². The number of hydrogen-bond donors (Lipinski definition) is 15. The molecule has 0 aromatic heterocycles. The molecule has 25 nitrogen and oxygen atoms in total. The molecule has 25 heteroatoms. The lowest BCUT2D eigenvalue weighted by Crippen LogP contribution is -2.69.